The molecule has 0 fully saturated rings. The summed E-state index contributed by atoms with van der Waals surface area (Å²) < 4.78 is 18.0. The maximum absolute atomic E-state index is 12.7. The van der Waals surface area contributed by atoms with E-state index in [1.807, 2.05) is 24.3 Å². The van der Waals surface area contributed by atoms with Crippen LogP contribution < -0.4 is 5.32 Å². The van der Waals surface area contributed by atoms with E-state index in [1.54, 1.807) is 6.26 Å². The molecule has 0 radical (unpaired) electrons. The molecule has 1 atom stereocenters. The summed E-state index contributed by atoms with van der Waals surface area (Å²) in [6.07, 6.45) is 3.49. The fourth-order valence-electron chi connectivity index (χ4n) is 1.92. The van der Waals surface area contributed by atoms with Gasteiger partial charge in [0.1, 0.15) is 11.6 Å². The molecule has 1 aromatic carbocycles. The van der Waals surface area contributed by atoms with Crippen LogP contribution in [0, 0.1) is 5.82 Å². The number of hydrogen-bond acceptors (Lipinski definition) is 2. The van der Waals surface area contributed by atoms with Crippen molar-refractivity contribution in [2.75, 3.05) is 6.54 Å². The first kappa shape index (κ1) is 12.8. The fraction of sp³-hybridized carbons (Fsp3) is 0.333. The number of hydrogen-bond donors (Lipinski definition) is 1. The Labute approximate surface area is 107 Å². The second-order valence-corrected chi connectivity index (χ2v) is 4.52. The van der Waals surface area contributed by atoms with Gasteiger partial charge in [0.25, 0.3) is 0 Å². The van der Waals surface area contributed by atoms with Gasteiger partial charge in [-0.3, -0.25) is 0 Å². The van der Waals surface area contributed by atoms with Crippen LogP contribution in [0.25, 0.3) is 0 Å². The van der Waals surface area contributed by atoms with E-state index in [0.29, 0.717) is 6.04 Å². The minimum Gasteiger partial charge on any atom is -0.469 e. The lowest BCUT2D eigenvalue weighted by molar-refractivity contribution is 0.458. The molecule has 2 aromatic rings. The minimum absolute atomic E-state index is 0.183. The smallest absolute Gasteiger partial charge is 0.123 e. The quantitative estimate of drug-likeness (QED) is 0.848. The van der Waals surface area contributed by atoms with Crippen molar-refractivity contribution in [3.8, 4) is 0 Å². The normalized spacial score (nSPS) is 12.6. The molecule has 96 valence electrons. The Balaban J connectivity index is 1.70. The second-order valence-electron chi connectivity index (χ2n) is 4.52. The molecule has 2 nitrogen and oxygen atoms in total. The number of benzene rings is 1. The summed E-state index contributed by atoms with van der Waals surface area (Å²) in [6, 6.07) is 10.9. The predicted molar refractivity (Wildman–Crippen MR) is 70.0 cm³/mol. The topological polar surface area (TPSA) is 25.2 Å². The lowest BCUT2D eigenvalue weighted by Crippen LogP contribution is -2.29. The van der Waals surface area contributed by atoms with Crippen molar-refractivity contribution in [2.24, 2.45) is 0 Å². The molecule has 1 aromatic heterocycles. The Bertz CT molecular complexity index is 450. The maximum Gasteiger partial charge on any atom is 0.123 e. The Morgan fingerprint density at radius 3 is 2.67 bits per heavy atom. The highest BCUT2D eigenvalue weighted by molar-refractivity contribution is 5.16. The molecule has 0 amide bonds. The van der Waals surface area contributed by atoms with Crippen molar-refractivity contribution in [1.82, 2.24) is 5.32 Å². The number of furan rings is 1. The largest absolute Gasteiger partial charge is 0.469 e. The summed E-state index contributed by atoms with van der Waals surface area (Å²) in [4.78, 5) is 0. The number of nitrogens with one attached hydrogen (secondary N) is 1. The Morgan fingerprint density at radius 2 is 2.00 bits per heavy atom. The summed E-state index contributed by atoms with van der Waals surface area (Å²) in [6.45, 7) is 3.01. The summed E-state index contributed by atoms with van der Waals surface area (Å²) in [5, 5.41) is 3.43. The van der Waals surface area contributed by atoms with Crippen LogP contribution in [0.1, 0.15) is 18.2 Å². The van der Waals surface area contributed by atoms with E-state index < -0.39 is 0 Å². The molecule has 18 heavy (non-hydrogen) atoms. The maximum atomic E-state index is 12.7. The number of halogens is 1. The monoisotopic (exact) mass is 247 g/mol. The van der Waals surface area contributed by atoms with Crippen molar-refractivity contribution in [3.05, 3.63) is 59.8 Å². The van der Waals surface area contributed by atoms with Gasteiger partial charge in [-0.05, 0) is 49.7 Å². The minimum atomic E-state index is -0.183. The molecule has 0 aliphatic carbocycles. The van der Waals surface area contributed by atoms with E-state index in [4.69, 9.17) is 4.42 Å². The van der Waals surface area contributed by atoms with E-state index in [0.717, 1.165) is 30.7 Å². The highest BCUT2D eigenvalue weighted by Crippen LogP contribution is 2.05. The van der Waals surface area contributed by atoms with Gasteiger partial charge in [0.05, 0.1) is 6.26 Å². The van der Waals surface area contributed by atoms with Crippen LogP contribution in [0.2, 0.25) is 0 Å². The number of rotatable bonds is 6. The first-order valence-electron chi connectivity index (χ1n) is 6.24. The van der Waals surface area contributed by atoms with Gasteiger partial charge in [0.15, 0.2) is 0 Å². The third-order valence-corrected chi connectivity index (χ3v) is 2.91. The second kappa shape index (κ2) is 6.36. The van der Waals surface area contributed by atoms with Gasteiger partial charge in [-0.1, -0.05) is 12.1 Å². The van der Waals surface area contributed by atoms with Gasteiger partial charge in [0, 0.05) is 12.5 Å². The zero-order chi connectivity index (χ0) is 12.8. The molecule has 0 bridgehead atoms. The standard InChI is InChI=1S/C15H18FNO/c1-12(11-15-3-2-10-18-15)17-9-8-13-4-6-14(16)7-5-13/h2-7,10,12,17H,8-9,11H2,1H3. The lowest BCUT2D eigenvalue weighted by Gasteiger charge is -2.12. The molecule has 0 aliphatic rings. The van der Waals surface area contributed by atoms with Crippen LogP contribution in [0.3, 0.4) is 0 Å². The van der Waals surface area contributed by atoms with Gasteiger partial charge < -0.3 is 9.73 Å². The lowest BCUT2D eigenvalue weighted by atomic mass is 10.1. The van der Waals surface area contributed by atoms with E-state index in [9.17, 15) is 4.39 Å². The van der Waals surface area contributed by atoms with Crippen LogP contribution in [-0.4, -0.2) is 12.6 Å². The van der Waals surface area contributed by atoms with Crippen molar-refractivity contribution in [2.45, 2.75) is 25.8 Å². The van der Waals surface area contributed by atoms with E-state index in [1.165, 1.54) is 12.1 Å². The van der Waals surface area contributed by atoms with E-state index >= 15 is 0 Å². The summed E-state index contributed by atoms with van der Waals surface area (Å²) in [5.41, 5.74) is 1.15. The van der Waals surface area contributed by atoms with Crippen molar-refractivity contribution >= 4 is 0 Å². The first-order chi connectivity index (χ1) is 8.74. The SMILES string of the molecule is CC(Cc1ccco1)NCCc1ccc(F)cc1. The van der Waals surface area contributed by atoms with Crippen LogP contribution in [0.5, 0.6) is 0 Å². The van der Waals surface area contributed by atoms with Crippen molar-refractivity contribution in [1.29, 1.82) is 0 Å². The molecule has 0 saturated heterocycles. The molecule has 1 unspecified atom stereocenters. The summed E-state index contributed by atoms with van der Waals surface area (Å²) >= 11 is 0. The van der Waals surface area contributed by atoms with E-state index in [-0.39, 0.29) is 5.82 Å². The predicted octanol–water partition coefficient (Wildman–Crippen LogP) is 3.18. The Morgan fingerprint density at radius 1 is 1.22 bits per heavy atom. The third kappa shape index (κ3) is 4.00. The zero-order valence-electron chi connectivity index (χ0n) is 10.5. The van der Waals surface area contributed by atoms with E-state index in [2.05, 4.69) is 12.2 Å². The van der Waals surface area contributed by atoms with Gasteiger partial charge in [-0.2, -0.15) is 0 Å². The molecular weight excluding hydrogens is 229 g/mol. The highest BCUT2D eigenvalue weighted by Gasteiger charge is 2.04. The van der Waals surface area contributed by atoms with Crippen LogP contribution in [-0.2, 0) is 12.8 Å². The molecule has 0 aliphatic heterocycles. The summed E-state index contributed by atoms with van der Waals surface area (Å²) in [7, 11) is 0. The zero-order valence-corrected chi connectivity index (χ0v) is 10.5. The average Bonchev–Trinajstić information content (AvgIpc) is 2.84. The van der Waals surface area contributed by atoms with Gasteiger partial charge in [0.2, 0.25) is 0 Å². The van der Waals surface area contributed by atoms with Gasteiger partial charge in [-0.15, -0.1) is 0 Å². The van der Waals surface area contributed by atoms with Crippen LogP contribution in [0.4, 0.5) is 4.39 Å². The first-order valence-corrected chi connectivity index (χ1v) is 6.24. The molecule has 1 heterocycles. The molecule has 0 spiro atoms. The van der Waals surface area contributed by atoms with Crippen LogP contribution >= 0.6 is 0 Å². The van der Waals surface area contributed by atoms with Gasteiger partial charge >= 0.3 is 0 Å². The Hall–Kier alpha value is -1.61. The van der Waals surface area contributed by atoms with Crippen LogP contribution in [0.15, 0.2) is 47.1 Å². The highest BCUT2D eigenvalue weighted by atomic mass is 19.1. The molecule has 0 saturated carbocycles. The molecule has 2 rings (SSSR count). The summed E-state index contributed by atoms with van der Waals surface area (Å²) in [5.74, 6) is 0.815. The fourth-order valence-corrected chi connectivity index (χ4v) is 1.92. The molecule has 3 heteroatoms. The van der Waals surface area contributed by atoms with Crippen molar-refractivity contribution in [3.63, 3.8) is 0 Å². The van der Waals surface area contributed by atoms with Crippen molar-refractivity contribution < 1.29 is 8.81 Å². The third-order valence-electron chi connectivity index (χ3n) is 2.91. The molecule has 1 N–H and O–H groups in total. The van der Waals surface area contributed by atoms with Gasteiger partial charge in [-0.25, -0.2) is 4.39 Å². The molecular formula is C15H18FNO. The average molecular weight is 247 g/mol. The Kier molecular flexibility index (Phi) is 4.53.